The van der Waals surface area contributed by atoms with Crippen LogP contribution in [-0.2, 0) is 0 Å². The van der Waals surface area contributed by atoms with Crippen molar-refractivity contribution >= 4 is 71.7 Å². The summed E-state index contributed by atoms with van der Waals surface area (Å²) < 4.78 is 13.3. The number of para-hydroxylation sites is 4. The summed E-state index contributed by atoms with van der Waals surface area (Å²) in [6.45, 7) is 0. The second kappa shape index (κ2) is 16.0. The zero-order chi connectivity index (χ0) is 44.3. The maximum Gasteiger partial charge on any atom is 0.143 e. The molecule has 0 fully saturated rings. The Bertz CT molecular complexity index is 3960. The van der Waals surface area contributed by atoms with Gasteiger partial charge in [-0.25, -0.2) is 0 Å². The number of anilines is 3. The van der Waals surface area contributed by atoms with Crippen LogP contribution in [0.15, 0.2) is 258 Å². The SMILES string of the molecule is c1ccc(-c2ccc(-c3ccc(N(c4ccc(-c5cccc6c5oc5ccccc56)cc4)c4ccccc4-c4cccc5c4oc4cc6ccccc6cc45)cc3)cc2-c2ccccc2)cc1. The standard InChI is InChI=1S/C64H41NO2/c1-3-15-43(16-4-1)51-38-33-48(39-58(51)44-17-5-2-6-18-44)42-29-34-49(35-30-42)65(50-36-31-45(32-37-50)52-23-13-25-56-54-22-10-12-28-61(54)66-63(52)56)60-27-11-9-21-53(60)55-24-14-26-57-59-40-46-19-7-8-20-47(46)41-62(59)67-64(55)57/h1-41H. The van der Waals surface area contributed by atoms with E-state index in [1.54, 1.807) is 0 Å². The van der Waals surface area contributed by atoms with E-state index >= 15 is 0 Å². The van der Waals surface area contributed by atoms with Gasteiger partial charge in [-0.05, 0) is 104 Å². The van der Waals surface area contributed by atoms with Gasteiger partial charge < -0.3 is 13.7 Å². The minimum atomic E-state index is 0.873. The average molecular weight is 856 g/mol. The van der Waals surface area contributed by atoms with Crippen LogP contribution < -0.4 is 4.90 Å². The maximum absolute atomic E-state index is 6.83. The van der Waals surface area contributed by atoms with Crippen LogP contribution in [0.4, 0.5) is 17.1 Å². The number of benzene rings is 11. The normalized spacial score (nSPS) is 11.6. The van der Waals surface area contributed by atoms with E-state index in [1.807, 2.05) is 12.1 Å². The molecule has 0 saturated heterocycles. The van der Waals surface area contributed by atoms with Crippen molar-refractivity contribution in [2.75, 3.05) is 4.90 Å². The summed E-state index contributed by atoms with van der Waals surface area (Å²) in [6.07, 6.45) is 0. The van der Waals surface area contributed by atoms with E-state index in [2.05, 4.69) is 241 Å². The summed E-state index contributed by atoms with van der Waals surface area (Å²) >= 11 is 0. The molecule has 0 aliphatic rings. The summed E-state index contributed by atoms with van der Waals surface area (Å²) in [4.78, 5) is 2.37. The first-order valence-corrected chi connectivity index (χ1v) is 22.8. The molecule has 0 N–H and O–H groups in total. The fourth-order valence-electron chi connectivity index (χ4n) is 10.0. The van der Waals surface area contributed by atoms with Gasteiger partial charge in [-0.15, -0.1) is 0 Å². The van der Waals surface area contributed by atoms with Crippen LogP contribution in [0.3, 0.4) is 0 Å². The Balaban J connectivity index is 0.954. The third-order valence-electron chi connectivity index (χ3n) is 13.3. The van der Waals surface area contributed by atoms with E-state index in [4.69, 9.17) is 8.83 Å². The Hall–Kier alpha value is -8.92. The number of fused-ring (bicyclic) bond motifs is 7. The van der Waals surface area contributed by atoms with Gasteiger partial charge >= 0.3 is 0 Å². The molecule has 0 radical (unpaired) electrons. The highest BCUT2D eigenvalue weighted by Gasteiger charge is 2.22. The van der Waals surface area contributed by atoms with Crippen LogP contribution in [0.1, 0.15) is 0 Å². The first-order chi connectivity index (χ1) is 33.2. The highest BCUT2D eigenvalue weighted by Crippen LogP contribution is 2.46. The van der Waals surface area contributed by atoms with E-state index < -0.39 is 0 Å². The van der Waals surface area contributed by atoms with Crippen molar-refractivity contribution in [1.82, 2.24) is 0 Å². The molecule has 3 heteroatoms. The molecular weight excluding hydrogens is 815 g/mol. The van der Waals surface area contributed by atoms with Crippen LogP contribution in [0, 0.1) is 0 Å². The smallest absolute Gasteiger partial charge is 0.143 e. The lowest BCUT2D eigenvalue weighted by atomic mass is 9.91. The molecule has 2 aromatic heterocycles. The van der Waals surface area contributed by atoms with Crippen LogP contribution >= 0.6 is 0 Å². The van der Waals surface area contributed by atoms with Gasteiger partial charge in [0.1, 0.15) is 22.3 Å². The quantitative estimate of drug-likeness (QED) is 0.152. The van der Waals surface area contributed by atoms with Crippen molar-refractivity contribution in [3.8, 4) is 55.6 Å². The summed E-state index contributed by atoms with van der Waals surface area (Å²) in [7, 11) is 0. The minimum absolute atomic E-state index is 0.873. The van der Waals surface area contributed by atoms with Crippen LogP contribution in [-0.4, -0.2) is 0 Å². The molecule has 13 aromatic rings. The van der Waals surface area contributed by atoms with Crippen molar-refractivity contribution in [3.63, 3.8) is 0 Å². The molecule has 0 bridgehead atoms. The van der Waals surface area contributed by atoms with Gasteiger partial charge in [-0.3, -0.25) is 0 Å². The summed E-state index contributed by atoms with van der Waals surface area (Å²) in [6, 6.07) is 88.8. The van der Waals surface area contributed by atoms with E-state index in [-0.39, 0.29) is 0 Å². The molecule has 67 heavy (non-hydrogen) atoms. The molecule has 0 aliphatic carbocycles. The minimum Gasteiger partial charge on any atom is -0.455 e. The molecule has 0 aliphatic heterocycles. The molecule has 0 spiro atoms. The predicted octanol–water partition coefficient (Wildman–Crippen LogP) is 18.4. The van der Waals surface area contributed by atoms with E-state index in [9.17, 15) is 0 Å². The molecule has 0 unspecified atom stereocenters. The third-order valence-corrected chi connectivity index (χ3v) is 13.3. The van der Waals surface area contributed by atoms with Gasteiger partial charge in [0.05, 0.1) is 5.69 Å². The molecule has 0 saturated carbocycles. The van der Waals surface area contributed by atoms with Gasteiger partial charge in [-0.2, -0.15) is 0 Å². The summed E-state index contributed by atoms with van der Waals surface area (Å²) in [5.41, 5.74) is 18.0. The molecule has 13 rings (SSSR count). The Morgan fingerprint density at radius 2 is 0.761 bits per heavy atom. The third kappa shape index (κ3) is 6.67. The van der Waals surface area contributed by atoms with Crippen molar-refractivity contribution in [3.05, 3.63) is 249 Å². The lowest BCUT2D eigenvalue weighted by Crippen LogP contribution is -2.11. The first-order valence-electron chi connectivity index (χ1n) is 22.8. The van der Waals surface area contributed by atoms with Gasteiger partial charge in [0.25, 0.3) is 0 Å². The summed E-state index contributed by atoms with van der Waals surface area (Å²) in [5.74, 6) is 0. The molecule has 11 aromatic carbocycles. The zero-order valence-corrected chi connectivity index (χ0v) is 36.4. The van der Waals surface area contributed by atoms with Gasteiger partial charge in [0.15, 0.2) is 0 Å². The second-order valence-corrected chi connectivity index (χ2v) is 17.2. The Morgan fingerprint density at radius 3 is 1.51 bits per heavy atom. The second-order valence-electron chi connectivity index (χ2n) is 17.2. The van der Waals surface area contributed by atoms with Crippen LogP contribution in [0.25, 0.3) is 110 Å². The van der Waals surface area contributed by atoms with Crippen molar-refractivity contribution < 1.29 is 8.83 Å². The summed E-state index contributed by atoms with van der Waals surface area (Å²) in [5, 5.41) is 6.81. The number of rotatable bonds is 8. The van der Waals surface area contributed by atoms with Crippen molar-refractivity contribution in [2.24, 2.45) is 0 Å². The van der Waals surface area contributed by atoms with Crippen molar-refractivity contribution in [2.45, 2.75) is 0 Å². The molecule has 314 valence electrons. The largest absolute Gasteiger partial charge is 0.455 e. The fraction of sp³-hybridized carbons (Fsp3) is 0. The lowest BCUT2D eigenvalue weighted by molar-refractivity contribution is 0.670. The van der Waals surface area contributed by atoms with Crippen LogP contribution in [0.5, 0.6) is 0 Å². The molecular formula is C64H41NO2. The molecule has 0 amide bonds. The number of hydrogen-bond acceptors (Lipinski definition) is 3. The number of hydrogen-bond donors (Lipinski definition) is 0. The molecule has 3 nitrogen and oxygen atoms in total. The van der Waals surface area contributed by atoms with Gasteiger partial charge in [-0.1, -0.05) is 194 Å². The zero-order valence-electron chi connectivity index (χ0n) is 36.4. The lowest BCUT2D eigenvalue weighted by Gasteiger charge is -2.28. The maximum atomic E-state index is 6.83. The predicted molar refractivity (Wildman–Crippen MR) is 280 cm³/mol. The van der Waals surface area contributed by atoms with Gasteiger partial charge in [0, 0.05) is 49.6 Å². The first kappa shape index (κ1) is 38.5. The molecule has 2 heterocycles. The fourth-order valence-corrected chi connectivity index (χ4v) is 10.0. The van der Waals surface area contributed by atoms with E-state index in [0.717, 1.165) is 99.7 Å². The van der Waals surface area contributed by atoms with Crippen molar-refractivity contribution in [1.29, 1.82) is 0 Å². The van der Waals surface area contributed by atoms with E-state index in [1.165, 1.54) is 27.6 Å². The number of nitrogens with zero attached hydrogens (tertiary/aromatic N) is 1. The van der Waals surface area contributed by atoms with Gasteiger partial charge in [0.2, 0.25) is 0 Å². The van der Waals surface area contributed by atoms with Crippen LogP contribution in [0.2, 0.25) is 0 Å². The Kier molecular flexibility index (Phi) is 9.17. The Morgan fingerprint density at radius 1 is 0.254 bits per heavy atom. The van der Waals surface area contributed by atoms with E-state index in [0.29, 0.717) is 0 Å². The monoisotopic (exact) mass is 855 g/mol. The highest BCUT2D eigenvalue weighted by atomic mass is 16.3. The topological polar surface area (TPSA) is 29.5 Å². The molecule has 0 atom stereocenters. The average Bonchev–Trinajstić information content (AvgIpc) is 3.97. The Labute approximate surface area is 388 Å². The highest BCUT2D eigenvalue weighted by molar-refractivity contribution is 6.14. The number of furan rings is 2.